The topological polar surface area (TPSA) is 51.2 Å². The van der Waals surface area contributed by atoms with Crippen LogP contribution in [0.2, 0.25) is 0 Å². The molecule has 1 N–H and O–H groups in total. The SMILES string of the molecule is COC1[C@H]2OC2O[C@@H](C)[C@H]1O. The first kappa shape index (κ1) is 7.49. The Morgan fingerprint density at radius 2 is 2.09 bits per heavy atom. The first-order chi connectivity index (χ1) is 5.24. The van der Waals surface area contributed by atoms with Crippen molar-refractivity contribution in [3.63, 3.8) is 0 Å². The smallest absolute Gasteiger partial charge is 0.187 e. The van der Waals surface area contributed by atoms with Gasteiger partial charge < -0.3 is 19.3 Å². The van der Waals surface area contributed by atoms with Crippen molar-refractivity contribution in [2.24, 2.45) is 0 Å². The fraction of sp³-hybridized carbons (Fsp3) is 1.00. The summed E-state index contributed by atoms with van der Waals surface area (Å²) in [5.74, 6) is 0. The van der Waals surface area contributed by atoms with Gasteiger partial charge in [0, 0.05) is 7.11 Å². The molecule has 0 aliphatic carbocycles. The monoisotopic (exact) mass is 160 g/mol. The second-order valence-corrected chi connectivity index (χ2v) is 3.00. The lowest BCUT2D eigenvalue weighted by atomic mass is 10.0. The zero-order chi connectivity index (χ0) is 8.01. The van der Waals surface area contributed by atoms with Crippen molar-refractivity contribution in [3.8, 4) is 0 Å². The molecule has 0 radical (unpaired) electrons. The zero-order valence-electron chi connectivity index (χ0n) is 6.56. The zero-order valence-corrected chi connectivity index (χ0v) is 6.56. The van der Waals surface area contributed by atoms with Crippen LogP contribution in [0.4, 0.5) is 0 Å². The molecule has 0 aromatic rings. The van der Waals surface area contributed by atoms with Gasteiger partial charge in [0.1, 0.15) is 18.3 Å². The van der Waals surface area contributed by atoms with Crippen LogP contribution in [0.3, 0.4) is 0 Å². The minimum absolute atomic E-state index is 0.0498. The molecular formula is C7H12O4. The van der Waals surface area contributed by atoms with Gasteiger partial charge in [-0.15, -0.1) is 0 Å². The Morgan fingerprint density at radius 3 is 2.73 bits per heavy atom. The Morgan fingerprint density at radius 1 is 1.36 bits per heavy atom. The maximum Gasteiger partial charge on any atom is 0.187 e. The molecule has 0 amide bonds. The van der Waals surface area contributed by atoms with Crippen molar-refractivity contribution in [1.29, 1.82) is 0 Å². The van der Waals surface area contributed by atoms with Gasteiger partial charge in [-0.05, 0) is 6.92 Å². The van der Waals surface area contributed by atoms with E-state index in [1.807, 2.05) is 6.92 Å². The fourth-order valence-electron chi connectivity index (χ4n) is 1.48. The van der Waals surface area contributed by atoms with Gasteiger partial charge in [0.25, 0.3) is 0 Å². The van der Waals surface area contributed by atoms with Gasteiger partial charge in [-0.2, -0.15) is 0 Å². The van der Waals surface area contributed by atoms with Crippen LogP contribution in [0.25, 0.3) is 0 Å². The van der Waals surface area contributed by atoms with Gasteiger partial charge in [-0.25, -0.2) is 0 Å². The summed E-state index contributed by atoms with van der Waals surface area (Å²) < 4.78 is 15.4. The van der Waals surface area contributed by atoms with E-state index in [0.717, 1.165) is 0 Å². The van der Waals surface area contributed by atoms with Gasteiger partial charge in [0.15, 0.2) is 6.29 Å². The summed E-state index contributed by atoms with van der Waals surface area (Å²) in [7, 11) is 1.57. The number of fused-ring (bicyclic) bond motifs is 1. The third kappa shape index (κ3) is 1.06. The Kier molecular flexibility index (Phi) is 1.64. The number of hydrogen-bond donors (Lipinski definition) is 1. The van der Waals surface area contributed by atoms with Gasteiger partial charge >= 0.3 is 0 Å². The molecule has 0 saturated carbocycles. The molecule has 2 aliphatic rings. The highest BCUT2D eigenvalue weighted by molar-refractivity contribution is 4.96. The lowest BCUT2D eigenvalue weighted by Gasteiger charge is -2.28. The van der Waals surface area contributed by atoms with Crippen molar-refractivity contribution in [2.45, 2.75) is 37.6 Å². The maximum absolute atomic E-state index is 9.50. The highest BCUT2D eigenvalue weighted by Crippen LogP contribution is 2.36. The third-order valence-corrected chi connectivity index (χ3v) is 2.25. The molecular weight excluding hydrogens is 148 g/mol. The van der Waals surface area contributed by atoms with Gasteiger partial charge in [0.2, 0.25) is 0 Å². The average molecular weight is 160 g/mol. The van der Waals surface area contributed by atoms with Crippen molar-refractivity contribution in [2.75, 3.05) is 7.11 Å². The second-order valence-electron chi connectivity index (χ2n) is 3.00. The van der Waals surface area contributed by atoms with Crippen LogP contribution in [0.1, 0.15) is 6.92 Å². The predicted molar refractivity (Wildman–Crippen MR) is 36.0 cm³/mol. The number of hydrogen-bond acceptors (Lipinski definition) is 4. The van der Waals surface area contributed by atoms with Crippen molar-refractivity contribution >= 4 is 0 Å². The van der Waals surface area contributed by atoms with Gasteiger partial charge in [-0.3, -0.25) is 0 Å². The molecule has 0 bridgehead atoms. The minimum Gasteiger partial charge on any atom is -0.388 e. The summed E-state index contributed by atoms with van der Waals surface area (Å²) in [6.07, 6.45) is -1.17. The maximum atomic E-state index is 9.50. The highest BCUT2D eigenvalue weighted by atomic mass is 16.8. The minimum atomic E-state index is -0.566. The third-order valence-electron chi connectivity index (χ3n) is 2.25. The van der Waals surface area contributed by atoms with Crippen LogP contribution in [0.5, 0.6) is 0 Å². The molecule has 11 heavy (non-hydrogen) atoms. The first-order valence-electron chi connectivity index (χ1n) is 3.76. The fourth-order valence-corrected chi connectivity index (χ4v) is 1.48. The van der Waals surface area contributed by atoms with E-state index in [2.05, 4.69) is 0 Å². The molecule has 2 aliphatic heterocycles. The molecule has 2 fully saturated rings. The van der Waals surface area contributed by atoms with Gasteiger partial charge in [0.05, 0.1) is 6.10 Å². The number of epoxide rings is 1. The van der Waals surface area contributed by atoms with Crippen LogP contribution in [-0.2, 0) is 14.2 Å². The summed E-state index contributed by atoms with van der Waals surface area (Å²) in [5, 5.41) is 9.50. The van der Waals surface area contributed by atoms with Crippen LogP contribution < -0.4 is 0 Å². The van der Waals surface area contributed by atoms with Crippen LogP contribution >= 0.6 is 0 Å². The van der Waals surface area contributed by atoms with E-state index in [-0.39, 0.29) is 24.6 Å². The molecule has 2 heterocycles. The number of methoxy groups -OCH3 is 1. The summed E-state index contributed by atoms with van der Waals surface area (Å²) in [5.41, 5.74) is 0. The second kappa shape index (κ2) is 2.42. The Labute approximate surface area is 65.1 Å². The highest BCUT2D eigenvalue weighted by Gasteiger charge is 2.55. The molecule has 0 spiro atoms. The van der Waals surface area contributed by atoms with Crippen molar-refractivity contribution in [1.82, 2.24) is 0 Å². The molecule has 2 unspecified atom stereocenters. The van der Waals surface area contributed by atoms with E-state index in [1.165, 1.54) is 0 Å². The van der Waals surface area contributed by atoms with Crippen LogP contribution in [-0.4, -0.2) is 42.9 Å². The number of aliphatic hydroxyl groups excluding tert-OH is 1. The average Bonchev–Trinajstić information content (AvgIpc) is 2.69. The molecule has 5 atom stereocenters. The quantitative estimate of drug-likeness (QED) is 0.526. The summed E-state index contributed by atoms with van der Waals surface area (Å²) >= 11 is 0. The van der Waals surface area contributed by atoms with E-state index in [9.17, 15) is 5.11 Å². The molecule has 4 nitrogen and oxygen atoms in total. The molecule has 2 saturated heterocycles. The van der Waals surface area contributed by atoms with E-state index in [1.54, 1.807) is 7.11 Å². The van der Waals surface area contributed by atoms with Crippen molar-refractivity contribution in [3.05, 3.63) is 0 Å². The van der Waals surface area contributed by atoms with Gasteiger partial charge in [-0.1, -0.05) is 0 Å². The van der Waals surface area contributed by atoms with Crippen molar-refractivity contribution < 1.29 is 19.3 Å². The number of ether oxygens (including phenoxy) is 3. The van der Waals surface area contributed by atoms with E-state index in [4.69, 9.17) is 14.2 Å². The van der Waals surface area contributed by atoms with E-state index < -0.39 is 6.10 Å². The lowest BCUT2D eigenvalue weighted by molar-refractivity contribution is -0.132. The summed E-state index contributed by atoms with van der Waals surface area (Å²) in [6.45, 7) is 1.81. The predicted octanol–water partition coefficient (Wildman–Crippen LogP) is -0.494. The largest absolute Gasteiger partial charge is 0.388 e. The molecule has 2 rings (SSSR count). The Balaban J connectivity index is 2.05. The summed E-state index contributed by atoms with van der Waals surface area (Å²) in [6, 6.07) is 0. The normalized spacial score (nSPS) is 55.4. The molecule has 4 heteroatoms. The first-order valence-corrected chi connectivity index (χ1v) is 3.76. The van der Waals surface area contributed by atoms with Crippen LogP contribution in [0.15, 0.2) is 0 Å². The Bertz CT molecular complexity index is 161. The summed E-state index contributed by atoms with van der Waals surface area (Å²) in [4.78, 5) is 0. The van der Waals surface area contributed by atoms with E-state index >= 15 is 0 Å². The molecule has 0 aromatic carbocycles. The molecule has 0 aromatic heterocycles. The lowest BCUT2D eigenvalue weighted by Crippen LogP contribution is -2.46. The van der Waals surface area contributed by atoms with E-state index in [0.29, 0.717) is 0 Å². The number of aliphatic hydroxyl groups is 1. The molecule has 64 valence electrons. The number of rotatable bonds is 1. The van der Waals surface area contributed by atoms with Crippen LogP contribution in [0, 0.1) is 0 Å². The Hall–Kier alpha value is -0.160. The standard InChI is InChI=1S/C7H12O4/c1-3-4(8)5(9-2)6-7(10-3)11-6/h3-8H,1-2H3/t3-,4+,5?,6+,7?/m0/s1.